The number of hydrogen-bond acceptors (Lipinski definition) is 10. The van der Waals surface area contributed by atoms with E-state index in [-0.39, 0.29) is 55.2 Å². The van der Waals surface area contributed by atoms with Gasteiger partial charge in [0.15, 0.2) is 5.69 Å². The number of aromatic nitrogens is 2. The summed E-state index contributed by atoms with van der Waals surface area (Å²) in [5.41, 5.74) is 3.42. The van der Waals surface area contributed by atoms with Crippen molar-refractivity contribution in [1.82, 2.24) is 25.1 Å². The number of nitrogens with zero attached hydrogens (tertiary/aromatic N) is 4. The maximum absolute atomic E-state index is 14.2. The number of hydrazine groups is 1. The second-order valence-corrected chi connectivity index (χ2v) is 9.57. The van der Waals surface area contributed by atoms with Crippen LogP contribution >= 0.6 is 11.6 Å². The number of rotatable bonds is 13. The molecule has 0 aliphatic carbocycles. The minimum atomic E-state index is -0.864. The molecule has 1 fully saturated rings. The number of amides is 3. The van der Waals surface area contributed by atoms with Crippen LogP contribution in [-0.2, 0) is 19.0 Å². The van der Waals surface area contributed by atoms with Gasteiger partial charge in [-0.15, -0.1) is 11.6 Å². The quantitative estimate of drug-likeness (QED) is 0.157. The minimum absolute atomic E-state index is 0.00551. The van der Waals surface area contributed by atoms with E-state index in [9.17, 15) is 19.2 Å². The number of ether oxygens (including phenoxy) is 4. The molecule has 228 valence electrons. The Hall–Kier alpha value is -3.94. The van der Waals surface area contributed by atoms with Crippen molar-refractivity contribution in [2.75, 3.05) is 52.5 Å². The normalized spacial score (nSPS) is 13.7. The first-order chi connectivity index (χ1) is 20.2. The van der Waals surface area contributed by atoms with Gasteiger partial charge in [0.25, 0.3) is 11.8 Å². The molecule has 1 aliphatic heterocycles. The molecule has 1 aromatic heterocycles. The number of nitrogens with one attached hydrogen (secondary N) is 1. The second kappa shape index (κ2) is 15.9. The first kappa shape index (κ1) is 32.6. The van der Waals surface area contributed by atoms with Crippen LogP contribution in [0.2, 0.25) is 0 Å². The average Bonchev–Trinajstić information content (AvgIpc) is 3.34. The van der Waals surface area contributed by atoms with Crippen molar-refractivity contribution in [3.8, 4) is 11.4 Å². The van der Waals surface area contributed by atoms with Gasteiger partial charge in [-0.1, -0.05) is 12.7 Å². The van der Waals surface area contributed by atoms with E-state index in [2.05, 4.69) is 17.1 Å². The van der Waals surface area contributed by atoms with Crippen molar-refractivity contribution in [1.29, 1.82) is 0 Å². The van der Waals surface area contributed by atoms with E-state index in [4.69, 9.17) is 30.5 Å². The predicted octanol–water partition coefficient (Wildman–Crippen LogP) is 2.88. The summed E-state index contributed by atoms with van der Waals surface area (Å²) in [5.74, 6) is -0.862. The van der Waals surface area contributed by atoms with Gasteiger partial charge in [-0.2, -0.15) is 5.10 Å². The molecule has 0 saturated carbocycles. The van der Waals surface area contributed by atoms with Crippen molar-refractivity contribution < 1.29 is 38.1 Å². The van der Waals surface area contributed by atoms with Gasteiger partial charge in [0, 0.05) is 30.6 Å². The SMILES string of the molecule is C=CCOC(=O)N(C(=O)c1c(C)c(C(=O)OCC)nn1-c1ccc(OC)cc1)C1CCN(NC(=O)COCCCl)CC1. The summed E-state index contributed by atoms with van der Waals surface area (Å²) in [6.07, 6.45) is 1.23. The maximum Gasteiger partial charge on any atom is 0.417 e. The Morgan fingerprint density at radius 2 is 1.86 bits per heavy atom. The molecule has 0 radical (unpaired) electrons. The lowest BCUT2D eigenvalue weighted by atomic mass is 10.0. The summed E-state index contributed by atoms with van der Waals surface area (Å²) in [7, 11) is 1.53. The van der Waals surface area contributed by atoms with Crippen LogP contribution in [0, 0.1) is 6.92 Å². The van der Waals surface area contributed by atoms with Crippen molar-refractivity contribution in [2.45, 2.75) is 32.7 Å². The standard InChI is InChI=1S/C28H36ClN5O8/c1-5-16-42-28(38)33(20-11-14-32(15-12-20)30-23(35)18-40-17-13-29)26(36)25-19(3)24(27(37)41-6-2)31-34(25)21-7-9-22(39-4)10-8-21/h5,7-10,20H,1,6,11-18H2,2-4H3,(H,30,35). The van der Waals surface area contributed by atoms with E-state index < -0.39 is 24.0 Å². The van der Waals surface area contributed by atoms with E-state index in [0.29, 0.717) is 37.4 Å². The largest absolute Gasteiger partial charge is 0.497 e. The van der Waals surface area contributed by atoms with Gasteiger partial charge in [0.2, 0.25) is 0 Å². The van der Waals surface area contributed by atoms with Crippen molar-refractivity contribution in [2.24, 2.45) is 0 Å². The third kappa shape index (κ3) is 8.08. The van der Waals surface area contributed by atoms with Crippen LogP contribution in [-0.4, -0.2) is 102 Å². The number of esters is 1. The summed E-state index contributed by atoms with van der Waals surface area (Å²) in [6.45, 7) is 7.65. The molecule has 1 N–H and O–H groups in total. The lowest BCUT2D eigenvalue weighted by Gasteiger charge is -2.36. The summed E-state index contributed by atoms with van der Waals surface area (Å²) in [5, 5.41) is 6.11. The highest BCUT2D eigenvalue weighted by Crippen LogP contribution is 2.26. The summed E-state index contributed by atoms with van der Waals surface area (Å²) in [4.78, 5) is 53.5. The lowest BCUT2D eigenvalue weighted by Crippen LogP contribution is -2.54. The summed E-state index contributed by atoms with van der Waals surface area (Å²) in [6, 6.07) is 6.15. The maximum atomic E-state index is 14.2. The van der Waals surface area contributed by atoms with Gasteiger partial charge >= 0.3 is 12.1 Å². The van der Waals surface area contributed by atoms with Crippen LogP contribution in [0.4, 0.5) is 4.79 Å². The van der Waals surface area contributed by atoms with Crippen molar-refractivity contribution >= 4 is 35.5 Å². The van der Waals surface area contributed by atoms with Gasteiger partial charge in [-0.05, 0) is 51.0 Å². The molecule has 2 aromatic rings. The molecule has 1 saturated heterocycles. The van der Waals surface area contributed by atoms with Crippen molar-refractivity contribution in [3.05, 3.63) is 53.9 Å². The molecule has 14 heteroatoms. The molecule has 42 heavy (non-hydrogen) atoms. The van der Waals surface area contributed by atoms with Crippen LogP contribution in [0.5, 0.6) is 5.75 Å². The highest BCUT2D eigenvalue weighted by atomic mass is 35.5. The number of carbonyl (C=O) groups excluding carboxylic acids is 4. The smallest absolute Gasteiger partial charge is 0.417 e. The Kier molecular flexibility index (Phi) is 12.3. The second-order valence-electron chi connectivity index (χ2n) is 9.19. The number of hydrogen-bond donors (Lipinski definition) is 1. The number of imide groups is 1. The number of halogens is 1. The Bertz CT molecular complexity index is 1260. The summed E-state index contributed by atoms with van der Waals surface area (Å²) >= 11 is 5.57. The molecule has 1 aromatic carbocycles. The Morgan fingerprint density at radius 3 is 2.45 bits per heavy atom. The van der Waals surface area contributed by atoms with Crippen LogP contribution in [0.3, 0.4) is 0 Å². The Balaban J connectivity index is 1.93. The average molecular weight is 606 g/mol. The fourth-order valence-corrected chi connectivity index (χ4v) is 4.54. The van der Waals surface area contributed by atoms with Gasteiger partial charge in [-0.25, -0.2) is 24.2 Å². The zero-order chi connectivity index (χ0) is 30.6. The first-order valence-electron chi connectivity index (χ1n) is 13.5. The summed E-state index contributed by atoms with van der Waals surface area (Å²) < 4.78 is 22.2. The van der Waals surface area contributed by atoms with Gasteiger partial charge < -0.3 is 18.9 Å². The molecule has 1 aliphatic rings. The van der Waals surface area contributed by atoms with E-state index in [0.717, 1.165) is 4.90 Å². The molecular weight excluding hydrogens is 570 g/mol. The third-order valence-corrected chi connectivity index (χ3v) is 6.57. The Labute approximate surface area is 249 Å². The fourth-order valence-electron chi connectivity index (χ4n) is 4.43. The third-order valence-electron chi connectivity index (χ3n) is 6.42. The van der Waals surface area contributed by atoms with Crippen LogP contribution < -0.4 is 10.2 Å². The molecule has 0 unspecified atom stereocenters. The fraction of sp³-hybridized carbons (Fsp3) is 0.464. The van der Waals surface area contributed by atoms with Gasteiger partial charge in [0.05, 0.1) is 26.0 Å². The first-order valence-corrected chi connectivity index (χ1v) is 14.0. The molecule has 0 atom stereocenters. The minimum Gasteiger partial charge on any atom is -0.497 e. The predicted molar refractivity (Wildman–Crippen MR) is 153 cm³/mol. The molecular formula is C28H36ClN5O8. The molecule has 3 rings (SSSR count). The zero-order valence-electron chi connectivity index (χ0n) is 24.0. The zero-order valence-corrected chi connectivity index (χ0v) is 24.7. The number of carbonyl (C=O) groups is 4. The molecule has 3 amide bonds. The highest BCUT2D eigenvalue weighted by molar-refractivity contribution is 6.18. The van der Waals surface area contributed by atoms with E-state index >= 15 is 0 Å². The van der Waals surface area contributed by atoms with E-state index in [1.54, 1.807) is 43.1 Å². The van der Waals surface area contributed by atoms with Crippen LogP contribution in [0.1, 0.15) is 46.3 Å². The number of methoxy groups -OCH3 is 1. The van der Waals surface area contributed by atoms with Gasteiger partial charge in [-0.3, -0.25) is 15.0 Å². The van der Waals surface area contributed by atoms with E-state index in [1.807, 2.05) is 0 Å². The lowest BCUT2D eigenvalue weighted by molar-refractivity contribution is -0.131. The molecule has 13 nitrogen and oxygen atoms in total. The Morgan fingerprint density at radius 1 is 1.17 bits per heavy atom. The van der Waals surface area contributed by atoms with Gasteiger partial charge in [0.1, 0.15) is 24.7 Å². The highest BCUT2D eigenvalue weighted by Gasteiger charge is 2.38. The number of piperidine rings is 1. The molecule has 2 heterocycles. The number of alkyl halides is 1. The van der Waals surface area contributed by atoms with Crippen LogP contribution in [0.25, 0.3) is 5.69 Å². The monoisotopic (exact) mass is 605 g/mol. The topological polar surface area (TPSA) is 142 Å². The van der Waals surface area contributed by atoms with E-state index in [1.165, 1.54) is 17.9 Å². The molecule has 0 spiro atoms. The molecule has 0 bridgehead atoms. The number of benzene rings is 1. The van der Waals surface area contributed by atoms with Crippen molar-refractivity contribution in [3.63, 3.8) is 0 Å². The van der Waals surface area contributed by atoms with Crippen LogP contribution in [0.15, 0.2) is 36.9 Å².